The molecule has 0 aliphatic carbocycles. The Morgan fingerprint density at radius 1 is 1.11 bits per heavy atom. The summed E-state index contributed by atoms with van der Waals surface area (Å²) in [6, 6.07) is 13.3. The minimum atomic E-state index is -0.523. The average molecular weight is 254 g/mol. The Kier molecular flexibility index (Phi) is 2.63. The maximum atomic E-state index is 13.7. The number of fused-ring (bicyclic) bond motifs is 1. The zero-order valence-corrected chi connectivity index (χ0v) is 10.3. The van der Waals surface area contributed by atoms with Crippen LogP contribution in [-0.2, 0) is 0 Å². The molecule has 0 aliphatic heterocycles. The smallest absolute Gasteiger partial charge is 0.266 e. The monoisotopic (exact) mass is 254 g/mol. The molecule has 3 rings (SSSR count). The zero-order chi connectivity index (χ0) is 13.4. The molecule has 0 unspecified atom stereocenters. The maximum Gasteiger partial charge on any atom is 0.266 e. The molecule has 3 nitrogen and oxygen atoms in total. The highest BCUT2D eigenvalue weighted by Crippen LogP contribution is 2.18. The van der Waals surface area contributed by atoms with Crippen LogP contribution < -0.4 is 0 Å². The molecule has 0 spiro atoms. The number of rotatable bonds is 1. The van der Waals surface area contributed by atoms with E-state index in [1.807, 2.05) is 18.2 Å². The number of nitrogens with zero attached hydrogens (tertiary/aromatic N) is 2. The van der Waals surface area contributed by atoms with Gasteiger partial charge in [-0.3, -0.25) is 9.36 Å². The predicted molar refractivity (Wildman–Crippen MR) is 70.6 cm³/mol. The first kappa shape index (κ1) is 11.6. The quantitative estimate of drug-likeness (QED) is 0.668. The van der Waals surface area contributed by atoms with Gasteiger partial charge in [0.25, 0.3) is 5.91 Å². The summed E-state index contributed by atoms with van der Waals surface area (Å²) >= 11 is 0. The second kappa shape index (κ2) is 4.31. The summed E-state index contributed by atoms with van der Waals surface area (Å²) in [6.07, 6.45) is 0. The Labute approximate surface area is 109 Å². The van der Waals surface area contributed by atoms with E-state index < -0.39 is 11.7 Å². The van der Waals surface area contributed by atoms with Crippen LogP contribution in [0.1, 0.15) is 16.2 Å². The number of benzene rings is 2. The fraction of sp³-hybridized carbons (Fsp3) is 0.0667. The normalized spacial score (nSPS) is 10.8. The minimum absolute atomic E-state index is 0.0498. The predicted octanol–water partition coefficient (Wildman–Crippen LogP) is 3.17. The highest BCUT2D eigenvalue weighted by molar-refractivity contribution is 6.01. The Morgan fingerprint density at radius 3 is 2.58 bits per heavy atom. The lowest BCUT2D eigenvalue weighted by Gasteiger charge is -2.06. The van der Waals surface area contributed by atoms with Gasteiger partial charge in [0.2, 0.25) is 0 Å². The minimum Gasteiger partial charge on any atom is -0.268 e. The van der Waals surface area contributed by atoms with E-state index in [0.717, 1.165) is 5.52 Å². The number of para-hydroxylation sites is 2. The molecule has 0 amide bonds. The van der Waals surface area contributed by atoms with Crippen molar-refractivity contribution in [2.75, 3.05) is 0 Å². The van der Waals surface area contributed by atoms with Crippen LogP contribution in [0.2, 0.25) is 0 Å². The molecular weight excluding hydrogens is 243 g/mol. The van der Waals surface area contributed by atoms with Crippen LogP contribution in [0, 0.1) is 12.7 Å². The topological polar surface area (TPSA) is 34.9 Å². The Balaban J connectivity index is 2.23. The van der Waals surface area contributed by atoms with Crippen molar-refractivity contribution in [2.24, 2.45) is 0 Å². The lowest BCUT2D eigenvalue weighted by molar-refractivity contribution is 0.0958. The number of hydrogen-bond donors (Lipinski definition) is 0. The van der Waals surface area contributed by atoms with Gasteiger partial charge in [0.15, 0.2) is 0 Å². The van der Waals surface area contributed by atoms with E-state index >= 15 is 0 Å². The Morgan fingerprint density at radius 2 is 1.79 bits per heavy atom. The summed E-state index contributed by atoms with van der Waals surface area (Å²) in [4.78, 5) is 16.8. The summed E-state index contributed by atoms with van der Waals surface area (Å²) in [5, 5.41) is 0. The third kappa shape index (κ3) is 1.81. The van der Waals surface area contributed by atoms with Crippen LogP contribution in [0.3, 0.4) is 0 Å². The van der Waals surface area contributed by atoms with E-state index in [1.54, 1.807) is 25.1 Å². The molecule has 2 aromatic carbocycles. The standard InChI is InChI=1S/C15H11FN2O/c1-10-17-13-8-4-5-9-14(13)18(10)15(19)11-6-2-3-7-12(11)16/h2-9H,1H3. The maximum absolute atomic E-state index is 13.7. The lowest BCUT2D eigenvalue weighted by Crippen LogP contribution is -2.15. The third-order valence-corrected chi connectivity index (χ3v) is 3.04. The number of halogens is 1. The molecule has 0 aliphatic rings. The van der Waals surface area contributed by atoms with Crippen molar-refractivity contribution >= 4 is 16.9 Å². The van der Waals surface area contributed by atoms with Crippen LogP contribution in [-0.4, -0.2) is 15.5 Å². The summed E-state index contributed by atoms with van der Waals surface area (Å²) in [6.45, 7) is 1.73. The number of imidazole rings is 1. The molecule has 0 saturated heterocycles. The molecule has 3 aromatic rings. The highest BCUT2D eigenvalue weighted by Gasteiger charge is 2.18. The summed E-state index contributed by atoms with van der Waals surface area (Å²) in [5.41, 5.74) is 1.46. The fourth-order valence-corrected chi connectivity index (χ4v) is 2.16. The molecule has 19 heavy (non-hydrogen) atoms. The van der Waals surface area contributed by atoms with Crippen LogP contribution in [0.15, 0.2) is 48.5 Å². The first-order chi connectivity index (χ1) is 9.18. The van der Waals surface area contributed by atoms with Crippen LogP contribution in [0.25, 0.3) is 11.0 Å². The Hall–Kier alpha value is -2.49. The summed E-state index contributed by atoms with van der Waals surface area (Å²) in [5.74, 6) is -0.372. The van der Waals surface area contributed by atoms with Crippen LogP contribution in [0.5, 0.6) is 0 Å². The van der Waals surface area contributed by atoms with E-state index in [1.165, 1.54) is 16.7 Å². The van der Waals surface area contributed by atoms with Crippen molar-refractivity contribution in [1.82, 2.24) is 9.55 Å². The zero-order valence-electron chi connectivity index (χ0n) is 10.3. The van der Waals surface area contributed by atoms with Gasteiger partial charge in [-0.05, 0) is 31.2 Å². The van der Waals surface area contributed by atoms with Gasteiger partial charge in [-0.15, -0.1) is 0 Å². The number of hydrogen-bond acceptors (Lipinski definition) is 2. The van der Waals surface area contributed by atoms with Crippen molar-refractivity contribution in [1.29, 1.82) is 0 Å². The van der Waals surface area contributed by atoms with Gasteiger partial charge in [-0.2, -0.15) is 0 Å². The molecule has 0 atom stereocenters. The second-order valence-corrected chi connectivity index (χ2v) is 4.27. The van der Waals surface area contributed by atoms with Crippen molar-refractivity contribution in [3.63, 3.8) is 0 Å². The second-order valence-electron chi connectivity index (χ2n) is 4.27. The fourth-order valence-electron chi connectivity index (χ4n) is 2.16. The van der Waals surface area contributed by atoms with Gasteiger partial charge in [0.1, 0.15) is 11.6 Å². The van der Waals surface area contributed by atoms with E-state index in [0.29, 0.717) is 11.3 Å². The van der Waals surface area contributed by atoms with Crippen LogP contribution in [0.4, 0.5) is 4.39 Å². The van der Waals surface area contributed by atoms with E-state index in [-0.39, 0.29) is 5.56 Å². The lowest BCUT2D eigenvalue weighted by atomic mass is 10.2. The van der Waals surface area contributed by atoms with E-state index in [4.69, 9.17) is 0 Å². The van der Waals surface area contributed by atoms with Crippen LogP contribution >= 0.6 is 0 Å². The van der Waals surface area contributed by atoms with Gasteiger partial charge < -0.3 is 0 Å². The molecule has 0 fully saturated rings. The molecule has 0 radical (unpaired) electrons. The molecule has 0 bridgehead atoms. The number of carbonyl (C=O) groups excluding carboxylic acids is 1. The first-order valence-corrected chi connectivity index (χ1v) is 5.92. The van der Waals surface area contributed by atoms with Gasteiger partial charge in [0, 0.05) is 0 Å². The molecule has 0 N–H and O–H groups in total. The highest BCUT2D eigenvalue weighted by atomic mass is 19.1. The molecule has 94 valence electrons. The van der Waals surface area contributed by atoms with Gasteiger partial charge in [-0.25, -0.2) is 9.37 Å². The van der Waals surface area contributed by atoms with Gasteiger partial charge in [-0.1, -0.05) is 24.3 Å². The molecule has 0 saturated carbocycles. The van der Waals surface area contributed by atoms with E-state index in [9.17, 15) is 9.18 Å². The molecule has 1 aromatic heterocycles. The largest absolute Gasteiger partial charge is 0.268 e. The SMILES string of the molecule is Cc1nc2ccccc2n1C(=O)c1ccccc1F. The van der Waals surface area contributed by atoms with Gasteiger partial charge >= 0.3 is 0 Å². The van der Waals surface area contributed by atoms with Crippen molar-refractivity contribution in [3.8, 4) is 0 Å². The number of carbonyl (C=O) groups is 1. The molecule has 1 heterocycles. The van der Waals surface area contributed by atoms with E-state index in [2.05, 4.69) is 4.98 Å². The van der Waals surface area contributed by atoms with Crippen molar-refractivity contribution in [3.05, 3.63) is 65.7 Å². The molecule has 4 heteroatoms. The van der Waals surface area contributed by atoms with Crippen molar-refractivity contribution in [2.45, 2.75) is 6.92 Å². The average Bonchev–Trinajstić information content (AvgIpc) is 2.74. The number of aryl methyl sites for hydroxylation is 1. The van der Waals surface area contributed by atoms with Crippen molar-refractivity contribution < 1.29 is 9.18 Å². The number of aromatic nitrogens is 2. The molecular formula is C15H11FN2O. The van der Waals surface area contributed by atoms with Gasteiger partial charge in [0.05, 0.1) is 16.6 Å². The first-order valence-electron chi connectivity index (χ1n) is 5.92. The summed E-state index contributed by atoms with van der Waals surface area (Å²) in [7, 11) is 0. The summed E-state index contributed by atoms with van der Waals surface area (Å²) < 4.78 is 15.1. The Bertz CT molecular complexity index is 777. The third-order valence-electron chi connectivity index (χ3n) is 3.04.